The van der Waals surface area contributed by atoms with E-state index in [0.717, 1.165) is 21.7 Å². The Morgan fingerprint density at radius 1 is 1.07 bits per heavy atom. The number of methoxy groups -OCH3 is 3. The molecule has 4 rings (SSSR count). The molecule has 40 heavy (non-hydrogen) atoms. The van der Waals surface area contributed by atoms with Crippen molar-refractivity contribution in [1.82, 2.24) is 10.3 Å². The van der Waals surface area contributed by atoms with Gasteiger partial charge in [0.15, 0.2) is 16.6 Å². The van der Waals surface area contributed by atoms with Crippen molar-refractivity contribution < 1.29 is 23.8 Å². The number of ether oxygens (including phenoxy) is 3. The zero-order chi connectivity index (χ0) is 29.1. The van der Waals surface area contributed by atoms with E-state index in [1.165, 1.54) is 31.4 Å². The first-order chi connectivity index (χ1) is 19.1. The highest BCUT2D eigenvalue weighted by Crippen LogP contribution is 2.50. The molecule has 1 heterocycles. The number of hydrogen-bond acceptors (Lipinski definition) is 9. The first-order valence-electron chi connectivity index (χ1n) is 12.9. The van der Waals surface area contributed by atoms with Gasteiger partial charge < -0.3 is 30.2 Å². The molecule has 2 amide bonds. The Morgan fingerprint density at radius 3 is 2.40 bits per heavy atom. The van der Waals surface area contributed by atoms with Gasteiger partial charge in [0.2, 0.25) is 23.0 Å². The van der Waals surface area contributed by atoms with Crippen LogP contribution < -0.4 is 35.6 Å². The number of fused-ring (bicyclic) bond motifs is 3. The van der Waals surface area contributed by atoms with Gasteiger partial charge in [0.05, 0.1) is 38.8 Å². The number of carbonyl (C=O) groups excluding carboxylic acids is 2. The molecule has 0 unspecified atom stereocenters. The third-order valence-electron chi connectivity index (χ3n) is 6.94. The van der Waals surface area contributed by atoms with Crippen LogP contribution in [0.25, 0.3) is 11.1 Å². The molecule has 1 aliphatic rings. The van der Waals surface area contributed by atoms with Gasteiger partial charge >= 0.3 is 0 Å². The highest BCUT2D eigenvalue weighted by atomic mass is 32.1. The summed E-state index contributed by atoms with van der Waals surface area (Å²) in [6.07, 6.45) is 1.15. The summed E-state index contributed by atoms with van der Waals surface area (Å²) in [5, 5.41) is 9.35. The molecule has 10 nitrogen and oxygen atoms in total. The monoisotopic (exact) mass is 566 g/mol. The molecule has 0 bridgehead atoms. The first-order valence-corrected chi connectivity index (χ1v) is 13.7. The number of carbonyl (C=O) groups is 2. The molecule has 0 aliphatic heterocycles. The molecule has 2 atom stereocenters. The van der Waals surface area contributed by atoms with E-state index >= 15 is 0 Å². The fourth-order valence-corrected chi connectivity index (χ4v) is 5.68. The zero-order valence-corrected chi connectivity index (χ0v) is 24.5. The van der Waals surface area contributed by atoms with Gasteiger partial charge in [0, 0.05) is 17.4 Å². The summed E-state index contributed by atoms with van der Waals surface area (Å²) in [7, 11) is 4.65. The fraction of sp³-hybridized carbons (Fsp3) is 0.379. The lowest BCUT2D eigenvalue weighted by molar-refractivity contribution is -0.119. The molecule has 0 saturated carbocycles. The van der Waals surface area contributed by atoms with Gasteiger partial charge in [-0.15, -0.1) is 11.3 Å². The van der Waals surface area contributed by atoms with E-state index in [2.05, 4.69) is 20.9 Å². The maximum absolute atomic E-state index is 13.5. The Balaban J connectivity index is 1.80. The molecule has 0 radical (unpaired) electrons. The molecule has 0 spiro atoms. The second-order valence-corrected chi connectivity index (χ2v) is 10.8. The van der Waals surface area contributed by atoms with Crippen LogP contribution in [0.5, 0.6) is 17.2 Å². The topological polar surface area (TPSA) is 128 Å². The van der Waals surface area contributed by atoms with E-state index in [-0.39, 0.29) is 22.9 Å². The van der Waals surface area contributed by atoms with E-state index in [4.69, 9.17) is 14.2 Å². The number of rotatable bonds is 8. The lowest BCUT2D eigenvalue weighted by Gasteiger charge is -2.19. The number of aryl methyl sites for hydroxylation is 3. The predicted molar refractivity (Wildman–Crippen MR) is 156 cm³/mol. The van der Waals surface area contributed by atoms with E-state index in [0.29, 0.717) is 46.3 Å². The molecule has 0 fully saturated rings. The van der Waals surface area contributed by atoms with Gasteiger partial charge in [0.1, 0.15) is 6.04 Å². The second-order valence-electron chi connectivity index (χ2n) is 9.61. The number of nitrogens with zero attached hydrogens (tertiary/aromatic N) is 1. The summed E-state index contributed by atoms with van der Waals surface area (Å²) in [6, 6.07) is 5.73. The highest BCUT2D eigenvalue weighted by Gasteiger charge is 2.29. The highest BCUT2D eigenvalue weighted by molar-refractivity contribution is 7.15. The molecule has 3 aromatic rings. The van der Waals surface area contributed by atoms with Crippen molar-refractivity contribution in [2.75, 3.05) is 32.0 Å². The lowest BCUT2D eigenvalue weighted by atomic mass is 9.95. The first kappa shape index (κ1) is 28.9. The van der Waals surface area contributed by atoms with Crippen LogP contribution in [0.15, 0.2) is 29.1 Å². The van der Waals surface area contributed by atoms with Gasteiger partial charge in [-0.2, -0.15) is 0 Å². The number of amides is 2. The maximum Gasteiger partial charge on any atom is 0.248 e. The van der Waals surface area contributed by atoms with Crippen molar-refractivity contribution in [2.45, 2.75) is 52.6 Å². The summed E-state index contributed by atoms with van der Waals surface area (Å²) in [5.74, 6) is 0.894. The molecular weight excluding hydrogens is 532 g/mol. The minimum Gasteiger partial charge on any atom is -0.493 e. The Hall–Kier alpha value is -4.12. The Bertz CT molecular complexity index is 1500. The van der Waals surface area contributed by atoms with Gasteiger partial charge in [-0.1, -0.05) is 6.07 Å². The number of benzene rings is 1. The van der Waals surface area contributed by atoms with E-state index in [1.54, 1.807) is 27.2 Å². The summed E-state index contributed by atoms with van der Waals surface area (Å²) in [5.41, 5.74) is 3.81. The number of aromatic nitrogens is 1. The molecule has 1 aliphatic carbocycles. The van der Waals surface area contributed by atoms with Gasteiger partial charge in [-0.3, -0.25) is 14.4 Å². The summed E-state index contributed by atoms with van der Waals surface area (Å²) in [6.45, 7) is 6.95. The van der Waals surface area contributed by atoms with Crippen LogP contribution in [-0.2, 0) is 16.0 Å². The van der Waals surface area contributed by atoms with Crippen molar-refractivity contribution >= 4 is 34.0 Å². The average Bonchev–Trinajstić information content (AvgIpc) is 3.05. The van der Waals surface area contributed by atoms with Crippen molar-refractivity contribution in [3.63, 3.8) is 0 Å². The normalized spacial score (nSPS) is 14.6. The van der Waals surface area contributed by atoms with Crippen LogP contribution in [0, 0.1) is 13.8 Å². The largest absolute Gasteiger partial charge is 0.493 e. The maximum atomic E-state index is 13.5. The fourth-order valence-electron chi connectivity index (χ4n) is 4.87. The second kappa shape index (κ2) is 12.0. The van der Waals surface area contributed by atoms with Crippen LogP contribution in [-0.4, -0.2) is 44.2 Å². The zero-order valence-electron chi connectivity index (χ0n) is 23.7. The quantitative estimate of drug-likeness (QED) is 0.367. The smallest absolute Gasteiger partial charge is 0.248 e. The number of hydrogen-bond donors (Lipinski definition) is 3. The SMILES string of the molecule is COc1cc2c(c(OC)c1OC)-c1ccc(N[C@H](C)C(=O)Nc3nc(C)c(C)s3)c(=O)cc1[C@@H](NC(C)=O)CC2. The Kier molecular flexibility index (Phi) is 8.63. The van der Waals surface area contributed by atoms with Gasteiger partial charge in [-0.05, 0) is 68.5 Å². The molecule has 3 N–H and O–H groups in total. The van der Waals surface area contributed by atoms with Gasteiger partial charge in [0.25, 0.3) is 0 Å². The average molecular weight is 567 g/mol. The minimum atomic E-state index is -0.725. The van der Waals surface area contributed by atoms with Crippen LogP contribution in [0.2, 0.25) is 0 Å². The lowest BCUT2D eigenvalue weighted by Crippen LogP contribution is -2.33. The molecule has 1 aromatic heterocycles. The van der Waals surface area contributed by atoms with Crippen LogP contribution in [0.4, 0.5) is 10.8 Å². The van der Waals surface area contributed by atoms with Crippen molar-refractivity contribution in [3.05, 3.63) is 56.2 Å². The third kappa shape index (κ3) is 5.74. The minimum absolute atomic E-state index is 0.209. The molecule has 11 heteroatoms. The molecule has 212 valence electrons. The van der Waals surface area contributed by atoms with Gasteiger partial charge in [-0.25, -0.2) is 4.98 Å². The van der Waals surface area contributed by atoms with Crippen molar-refractivity contribution in [3.8, 4) is 28.4 Å². The number of thiazole rings is 1. The van der Waals surface area contributed by atoms with Crippen LogP contribution in [0.3, 0.4) is 0 Å². The Morgan fingerprint density at radius 2 is 1.80 bits per heavy atom. The third-order valence-corrected chi connectivity index (χ3v) is 7.93. The molecule has 2 aromatic carbocycles. The van der Waals surface area contributed by atoms with Crippen LogP contribution in [0.1, 0.15) is 48.0 Å². The number of anilines is 2. The number of nitrogens with one attached hydrogen (secondary N) is 3. The molecular formula is C29H34N4O6S. The predicted octanol–water partition coefficient (Wildman–Crippen LogP) is 4.38. The van der Waals surface area contributed by atoms with Crippen LogP contribution >= 0.6 is 11.3 Å². The standard InChI is InChI=1S/C29H34N4O6S/c1-14-16(3)40-29(31-14)33-28(36)15(2)30-22-11-9-19-20(13-23(22)35)21(32-17(4)34)10-8-18-12-24(37-5)26(38-6)27(39-7)25(18)19/h9,11-13,15,21H,8,10H2,1-7H3,(H,30,35)(H,32,34)(H,31,33,36)/t15-,21+/m1/s1. The summed E-state index contributed by atoms with van der Waals surface area (Å²) < 4.78 is 17.0. The van der Waals surface area contributed by atoms with Crippen molar-refractivity contribution in [2.24, 2.45) is 0 Å². The summed E-state index contributed by atoms with van der Waals surface area (Å²) >= 11 is 1.40. The van der Waals surface area contributed by atoms with Crippen molar-refractivity contribution in [1.29, 1.82) is 0 Å². The summed E-state index contributed by atoms with van der Waals surface area (Å²) in [4.78, 5) is 43.9. The Labute approximate surface area is 237 Å². The van der Waals surface area contributed by atoms with E-state index in [9.17, 15) is 14.4 Å². The molecule has 0 saturated heterocycles. The van der Waals surface area contributed by atoms with E-state index in [1.807, 2.05) is 26.0 Å². The van der Waals surface area contributed by atoms with E-state index < -0.39 is 12.1 Å².